The lowest BCUT2D eigenvalue weighted by Gasteiger charge is -2.20. The summed E-state index contributed by atoms with van der Waals surface area (Å²) in [7, 11) is 0. The van der Waals surface area contributed by atoms with Crippen LogP contribution >= 0.6 is 38.6 Å². The summed E-state index contributed by atoms with van der Waals surface area (Å²) in [4.78, 5) is 14.3. The third-order valence-electron chi connectivity index (χ3n) is 2.88. The van der Waals surface area contributed by atoms with Crippen LogP contribution in [0.4, 0.5) is 0 Å². The van der Waals surface area contributed by atoms with E-state index < -0.39 is 0 Å². The van der Waals surface area contributed by atoms with E-state index in [4.69, 9.17) is 0 Å². The van der Waals surface area contributed by atoms with Crippen LogP contribution in [0.3, 0.4) is 0 Å². The van der Waals surface area contributed by atoms with Crippen LogP contribution in [-0.2, 0) is 0 Å². The van der Waals surface area contributed by atoms with Crippen molar-refractivity contribution in [3.8, 4) is 0 Å². The largest absolute Gasteiger partial charge is 0.343 e. The van der Waals surface area contributed by atoms with Crippen molar-refractivity contribution in [2.24, 2.45) is 5.92 Å². The van der Waals surface area contributed by atoms with Gasteiger partial charge >= 0.3 is 0 Å². The van der Waals surface area contributed by atoms with E-state index in [2.05, 4.69) is 41.2 Å². The number of nitrogens with one attached hydrogen (secondary N) is 1. The Kier molecular flexibility index (Phi) is 4.81. The molecule has 19 heavy (non-hydrogen) atoms. The van der Waals surface area contributed by atoms with Crippen LogP contribution in [0.15, 0.2) is 27.4 Å². The number of rotatable bonds is 4. The zero-order valence-corrected chi connectivity index (χ0v) is 14.3. The van der Waals surface area contributed by atoms with E-state index in [0.717, 1.165) is 14.2 Å². The monoisotopic (exact) mass is 357 g/mol. The highest BCUT2D eigenvalue weighted by atomic mass is 79.9. The Balaban J connectivity index is 2.16. The van der Waals surface area contributed by atoms with Gasteiger partial charge in [0.1, 0.15) is 0 Å². The first-order chi connectivity index (χ1) is 8.99. The van der Waals surface area contributed by atoms with Crippen LogP contribution in [0.1, 0.15) is 40.0 Å². The molecule has 1 unspecified atom stereocenters. The van der Waals surface area contributed by atoms with Gasteiger partial charge in [0.05, 0.1) is 14.7 Å². The molecule has 0 aliphatic rings. The summed E-state index contributed by atoms with van der Waals surface area (Å²) in [5.74, 6) is 0.373. The first-order valence-electron chi connectivity index (χ1n) is 6.09. The van der Waals surface area contributed by atoms with Crippen molar-refractivity contribution in [2.75, 3.05) is 0 Å². The zero-order valence-electron chi connectivity index (χ0n) is 11.1. The Labute approximate surface area is 130 Å². The van der Waals surface area contributed by atoms with Gasteiger partial charge in [0, 0.05) is 4.88 Å². The highest BCUT2D eigenvalue weighted by molar-refractivity contribution is 9.11. The lowest BCUT2D eigenvalue weighted by molar-refractivity contribution is 0.0930. The molecule has 0 fully saturated rings. The molecule has 0 saturated heterocycles. The molecule has 0 spiro atoms. The van der Waals surface area contributed by atoms with E-state index in [1.807, 2.05) is 24.4 Å². The van der Waals surface area contributed by atoms with Gasteiger partial charge in [-0.05, 0) is 51.8 Å². The SMILES string of the molecule is Cc1cc(C(=O)NC(c2cccs2)C(C)C)sc1Br. The average Bonchev–Trinajstić information content (AvgIpc) is 2.97. The number of halogens is 1. The van der Waals surface area contributed by atoms with Gasteiger partial charge in [-0.25, -0.2) is 0 Å². The molecule has 2 aromatic rings. The van der Waals surface area contributed by atoms with Crippen LogP contribution in [0.25, 0.3) is 0 Å². The highest BCUT2D eigenvalue weighted by Gasteiger charge is 2.21. The normalized spacial score (nSPS) is 12.7. The molecule has 102 valence electrons. The molecule has 1 amide bonds. The molecule has 0 radical (unpaired) electrons. The van der Waals surface area contributed by atoms with Crippen LogP contribution < -0.4 is 5.32 Å². The van der Waals surface area contributed by atoms with Gasteiger partial charge in [-0.3, -0.25) is 4.79 Å². The molecule has 1 N–H and O–H groups in total. The zero-order chi connectivity index (χ0) is 14.0. The fraction of sp³-hybridized carbons (Fsp3) is 0.357. The molecule has 0 aliphatic heterocycles. The fourth-order valence-corrected chi connectivity index (χ4v) is 4.21. The minimum Gasteiger partial charge on any atom is -0.343 e. The molecular weight excluding hydrogens is 342 g/mol. The summed E-state index contributed by atoms with van der Waals surface area (Å²) in [6, 6.07) is 6.10. The molecule has 5 heteroatoms. The molecule has 0 aromatic carbocycles. The second-order valence-corrected chi connectivity index (χ2v) is 8.13. The molecule has 1 atom stereocenters. The molecule has 0 aliphatic carbocycles. The summed E-state index contributed by atoms with van der Waals surface area (Å²) in [6.07, 6.45) is 0. The van der Waals surface area contributed by atoms with Gasteiger partial charge in [0.25, 0.3) is 5.91 Å². The average molecular weight is 358 g/mol. The Morgan fingerprint density at radius 2 is 2.16 bits per heavy atom. The number of carbonyl (C=O) groups is 1. The summed E-state index contributed by atoms with van der Waals surface area (Å²) >= 11 is 6.62. The van der Waals surface area contributed by atoms with Crippen LogP contribution in [0.5, 0.6) is 0 Å². The van der Waals surface area contributed by atoms with Gasteiger partial charge in [0.2, 0.25) is 0 Å². The molecule has 0 bridgehead atoms. The van der Waals surface area contributed by atoms with Gasteiger partial charge < -0.3 is 5.32 Å². The van der Waals surface area contributed by atoms with Gasteiger partial charge in [-0.15, -0.1) is 22.7 Å². The van der Waals surface area contributed by atoms with E-state index in [0.29, 0.717) is 5.92 Å². The Morgan fingerprint density at radius 3 is 2.63 bits per heavy atom. The third-order valence-corrected chi connectivity index (χ3v) is 5.97. The molecule has 2 rings (SSSR count). The molecule has 2 heterocycles. The number of hydrogen-bond donors (Lipinski definition) is 1. The van der Waals surface area contributed by atoms with E-state index in [1.54, 1.807) is 11.3 Å². The first-order valence-corrected chi connectivity index (χ1v) is 8.58. The van der Waals surface area contributed by atoms with Gasteiger partial charge in [-0.2, -0.15) is 0 Å². The molecule has 0 saturated carbocycles. The summed E-state index contributed by atoms with van der Waals surface area (Å²) in [5.41, 5.74) is 1.10. The van der Waals surface area contributed by atoms with Crippen molar-refractivity contribution in [2.45, 2.75) is 26.8 Å². The van der Waals surface area contributed by atoms with Crippen molar-refractivity contribution >= 4 is 44.5 Å². The lowest BCUT2D eigenvalue weighted by Crippen LogP contribution is -2.30. The Bertz CT molecular complexity index is 541. The highest BCUT2D eigenvalue weighted by Crippen LogP contribution is 2.30. The maximum absolute atomic E-state index is 12.3. The standard InChI is InChI=1S/C14H16BrNOS2/c1-8(2)12(10-5-4-6-18-10)16-14(17)11-7-9(3)13(15)19-11/h4-8,12H,1-3H3,(H,16,17). The van der Waals surface area contributed by atoms with Crippen LogP contribution in [-0.4, -0.2) is 5.91 Å². The quantitative estimate of drug-likeness (QED) is 0.818. The van der Waals surface area contributed by atoms with E-state index in [1.165, 1.54) is 16.2 Å². The van der Waals surface area contributed by atoms with Crippen molar-refractivity contribution in [1.82, 2.24) is 5.32 Å². The van der Waals surface area contributed by atoms with E-state index >= 15 is 0 Å². The minimum atomic E-state index is 0.00546. The predicted octanol–water partition coefficient (Wildman–Crippen LogP) is 5.01. The second-order valence-electron chi connectivity index (χ2n) is 4.78. The van der Waals surface area contributed by atoms with Gasteiger partial charge in [0.15, 0.2) is 0 Å². The second kappa shape index (κ2) is 6.20. The smallest absolute Gasteiger partial charge is 0.261 e. The van der Waals surface area contributed by atoms with Crippen molar-refractivity contribution in [1.29, 1.82) is 0 Å². The van der Waals surface area contributed by atoms with Gasteiger partial charge in [-0.1, -0.05) is 19.9 Å². The fourth-order valence-electron chi connectivity index (χ4n) is 1.82. The minimum absolute atomic E-state index is 0.00546. The maximum Gasteiger partial charge on any atom is 0.261 e. The summed E-state index contributed by atoms with van der Waals surface area (Å²) in [6.45, 7) is 6.25. The van der Waals surface area contributed by atoms with E-state index in [-0.39, 0.29) is 11.9 Å². The van der Waals surface area contributed by atoms with Crippen molar-refractivity contribution in [3.05, 3.63) is 42.7 Å². The third kappa shape index (κ3) is 3.46. The lowest BCUT2D eigenvalue weighted by atomic mass is 10.0. The summed E-state index contributed by atoms with van der Waals surface area (Å²) in [5, 5.41) is 5.18. The Hall–Kier alpha value is -0.650. The number of carbonyl (C=O) groups excluding carboxylic acids is 1. The number of thiophene rings is 2. The molecular formula is C14H16BrNOS2. The van der Waals surface area contributed by atoms with Crippen molar-refractivity contribution in [3.63, 3.8) is 0 Å². The number of aryl methyl sites for hydroxylation is 1. The van der Waals surface area contributed by atoms with E-state index in [9.17, 15) is 4.79 Å². The summed E-state index contributed by atoms with van der Waals surface area (Å²) < 4.78 is 1.02. The maximum atomic E-state index is 12.3. The van der Waals surface area contributed by atoms with Crippen molar-refractivity contribution < 1.29 is 4.79 Å². The topological polar surface area (TPSA) is 29.1 Å². The van der Waals surface area contributed by atoms with Crippen LogP contribution in [0, 0.1) is 12.8 Å². The number of amides is 1. The van der Waals surface area contributed by atoms with Crippen LogP contribution in [0.2, 0.25) is 0 Å². The number of hydrogen-bond acceptors (Lipinski definition) is 3. The Morgan fingerprint density at radius 1 is 1.42 bits per heavy atom. The first kappa shape index (κ1) is 14.8. The predicted molar refractivity (Wildman–Crippen MR) is 86.1 cm³/mol. The molecule has 2 aromatic heterocycles. The molecule has 2 nitrogen and oxygen atoms in total.